The molecule has 0 aliphatic heterocycles. The molecule has 98 valence electrons. The fraction of sp³-hybridized carbons (Fsp3) is 0.455. The van der Waals surface area contributed by atoms with Gasteiger partial charge < -0.3 is 10.1 Å². The standard InChI is InChI=1S/C11H15BrN4OS/c1-17-5-4-13-6-11-14-8-16(15-11)7-9-2-3-10(12)18-9/h2-3,8,13H,4-7H2,1H3. The van der Waals surface area contributed by atoms with E-state index < -0.39 is 0 Å². The predicted octanol–water partition coefficient (Wildman–Crippen LogP) is 1.89. The summed E-state index contributed by atoms with van der Waals surface area (Å²) in [5.41, 5.74) is 0. The van der Waals surface area contributed by atoms with Crippen molar-refractivity contribution in [3.05, 3.63) is 32.9 Å². The van der Waals surface area contributed by atoms with Crippen LogP contribution in [0.2, 0.25) is 0 Å². The molecule has 0 fully saturated rings. The zero-order valence-electron chi connectivity index (χ0n) is 10.1. The Kier molecular flexibility index (Phi) is 5.30. The molecule has 2 rings (SSSR count). The second kappa shape index (κ2) is 6.98. The number of methoxy groups -OCH3 is 1. The Bertz CT molecular complexity index is 485. The van der Waals surface area contributed by atoms with Gasteiger partial charge in [0.05, 0.1) is 23.5 Å². The van der Waals surface area contributed by atoms with Gasteiger partial charge in [-0.15, -0.1) is 11.3 Å². The maximum atomic E-state index is 4.95. The van der Waals surface area contributed by atoms with Gasteiger partial charge in [0, 0.05) is 18.5 Å². The Morgan fingerprint density at radius 3 is 3.11 bits per heavy atom. The third kappa shape index (κ3) is 4.16. The molecule has 0 aromatic carbocycles. The molecule has 0 aliphatic carbocycles. The highest BCUT2D eigenvalue weighted by Gasteiger charge is 2.03. The highest BCUT2D eigenvalue weighted by Crippen LogP contribution is 2.22. The van der Waals surface area contributed by atoms with Gasteiger partial charge in [0.25, 0.3) is 0 Å². The van der Waals surface area contributed by atoms with E-state index >= 15 is 0 Å². The molecule has 18 heavy (non-hydrogen) atoms. The summed E-state index contributed by atoms with van der Waals surface area (Å²) < 4.78 is 7.95. The van der Waals surface area contributed by atoms with Crippen molar-refractivity contribution in [1.82, 2.24) is 20.1 Å². The third-order valence-electron chi connectivity index (χ3n) is 2.30. The third-order valence-corrected chi connectivity index (χ3v) is 3.91. The zero-order chi connectivity index (χ0) is 12.8. The van der Waals surface area contributed by atoms with Gasteiger partial charge in [0.2, 0.25) is 0 Å². The molecule has 0 aliphatic rings. The number of nitrogens with one attached hydrogen (secondary N) is 1. The van der Waals surface area contributed by atoms with Crippen molar-refractivity contribution in [2.45, 2.75) is 13.1 Å². The predicted molar refractivity (Wildman–Crippen MR) is 74.7 cm³/mol. The molecule has 0 spiro atoms. The number of ether oxygens (including phenoxy) is 1. The molecule has 5 nitrogen and oxygen atoms in total. The molecule has 0 saturated carbocycles. The Morgan fingerprint density at radius 1 is 1.50 bits per heavy atom. The second-order valence-corrected chi connectivity index (χ2v) is 6.28. The number of aromatic nitrogens is 3. The maximum absolute atomic E-state index is 4.95. The summed E-state index contributed by atoms with van der Waals surface area (Å²) in [5.74, 6) is 0.807. The summed E-state index contributed by atoms with van der Waals surface area (Å²) in [6.45, 7) is 2.94. The smallest absolute Gasteiger partial charge is 0.164 e. The summed E-state index contributed by atoms with van der Waals surface area (Å²) >= 11 is 5.16. The molecule has 0 atom stereocenters. The highest BCUT2D eigenvalue weighted by molar-refractivity contribution is 9.11. The van der Waals surface area contributed by atoms with E-state index in [2.05, 4.69) is 37.4 Å². The minimum atomic E-state index is 0.671. The first-order valence-electron chi connectivity index (χ1n) is 5.60. The van der Waals surface area contributed by atoms with E-state index in [1.807, 2.05) is 10.7 Å². The van der Waals surface area contributed by atoms with Crippen LogP contribution in [0, 0.1) is 0 Å². The summed E-state index contributed by atoms with van der Waals surface area (Å²) in [6.07, 6.45) is 1.76. The van der Waals surface area contributed by atoms with Crippen LogP contribution >= 0.6 is 27.3 Å². The number of thiophene rings is 1. The van der Waals surface area contributed by atoms with E-state index in [4.69, 9.17) is 4.74 Å². The van der Waals surface area contributed by atoms with Gasteiger partial charge in [-0.3, -0.25) is 0 Å². The van der Waals surface area contributed by atoms with Crippen molar-refractivity contribution in [2.24, 2.45) is 0 Å². The first-order chi connectivity index (χ1) is 8.78. The maximum Gasteiger partial charge on any atom is 0.164 e. The van der Waals surface area contributed by atoms with Gasteiger partial charge in [-0.25, -0.2) is 9.67 Å². The number of rotatable bonds is 7. The quantitative estimate of drug-likeness (QED) is 0.787. The fourth-order valence-electron chi connectivity index (χ4n) is 1.46. The lowest BCUT2D eigenvalue weighted by molar-refractivity contribution is 0.199. The van der Waals surface area contributed by atoms with Crippen molar-refractivity contribution in [3.8, 4) is 0 Å². The van der Waals surface area contributed by atoms with Gasteiger partial charge >= 0.3 is 0 Å². The van der Waals surface area contributed by atoms with Crippen LogP contribution in [0.4, 0.5) is 0 Å². The van der Waals surface area contributed by atoms with Crippen molar-refractivity contribution in [1.29, 1.82) is 0 Å². The molecular formula is C11H15BrN4OS. The molecule has 2 heterocycles. The lowest BCUT2D eigenvalue weighted by Gasteiger charge is -2.00. The van der Waals surface area contributed by atoms with Gasteiger partial charge in [-0.05, 0) is 28.1 Å². The van der Waals surface area contributed by atoms with Crippen LogP contribution in [0.1, 0.15) is 10.7 Å². The van der Waals surface area contributed by atoms with E-state index in [0.29, 0.717) is 13.2 Å². The summed E-state index contributed by atoms with van der Waals surface area (Å²) in [5, 5.41) is 7.62. The Labute approximate surface area is 118 Å². The van der Waals surface area contributed by atoms with Crippen molar-refractivity contribution in [3.63, 3.8) is 0 Å². The van der Waals surface area contributed by atoms with Crippen LogP contribution in [0.5, 0.6) is 0 Å². The Balaban J connectivity index is 1.82. The Morgan fingerprint density at radius 2 is 2.39 bits per heavy atom. The average molecular weight is 331 g/mol. The fourth-order valence-corrected chi connectivity index (χ4v) is 2.94. The number of hydrogen-bond acceptors (Lipinski definition) is 5. The van der Waals surface area contributed by atoms with Crippen LogP contribution in [-0.2, 0) is 17.8 Å². The molecule has 2 aromatic rings. The lowest BCUT2D eigenvalue weighted by atomic mass is 10.5. The van der Waals surface area contributed by atoms with E-state index in [1.165, 1.54) is 4.88 Å². The molecule has 0 saturated heterocycles. The van der Waals surface area contributed by atoms with Crippen LogP contribution in [0.15, 0.2) is 22.2 Å². The summed E-state index contributed by atoms with van der Waals surface area (Å²) in [4.78, 5) is 5.51. The van der Waals surface area contributed by atoms with Crippen molar-refractivity contribution >= 4 is 27.3 Å². The highest BCUT2D eigenvalue weighted by atomic mass is 79.9. The molecule has 7 heteroatoms. The van der Waals surface area contributed by atoms with Gasteiger partial charge in [0.1, 0.15) is 6.33 Å². The minimum absolute atomic E-state index is 0.671. The first-order valence-corrected chi connectivity index (χ1v) is 7.21. The largest absolute Gasteiger partial charge is 0.383 e. The molecule has 0 radical (unpaired) electrons. The molecule has 2 aromatic heterocycles. The van der Waals surface area contributed by atoms with Crippen molar-refractivity contribution in [2.75, 3.05) is 20.3 Å². The minimum Gasteiger partial charge on any atom is -0.383 e. The SMILES string of the molecule is COCCNCc1ncn(Cc2ccc(Br)s2)n1. The number of nitrogens with zero attached hydrogens (tertiary/aromatic N) is 3. The molecular weight excluding hydrogens is 316 g/mol. The zero-order valence-corrected chi connectivity index (χ0v) is 12.5. The van der Waals surface area contributed by atoms with E-state index in [1.54, 1.807) is 24.8 Å². The molecule has 0 amide bonds. The first kappa shape index (κ1) is 13.7. The Hall–Kier alpha value is -0.760. The van der Waals surface area contributed by atoms with Crippen LogP contribution in [0.25, 0.3) is 0 Å². The van der Waals surface area contributed by atoms with E-state index in [0.717, 1.165) is 22.7 Å². The summed E-state index contributed by atoms with van der Waals surface area (Å²) in [6, 6.07) is 4.14. The monoisotopic (exact) mass is 330 g/mol. The second-order valence-electron chi connectivity index (χ2n) is 3.73. The lowest BCUT2D eigenvalue weighted by Crippen LogP contribution is -2.19. The summed E-state index contributed by atoms with van der Waals surface area (Å²) in [7, 11) is 1.69. The van der Waals surface area contributed by atoms with E-state index in [-0.39, 0.29) is 0 Å². The molecule has 0 unspecified atom stereocenters. The average Bonchev–Trinajstić information content (AvgIpc) is 2.95. The van der Waals surface area contributed by atoms with Gasteiger partial charge in [-0.2, -0.15) is 5.10 Å². The van der Waals surface area contributed by atoms with Crippen LogP contribution in [-0.4, -0.2) is 35.0 Å². The van der Waals surface area contributed by atoms with Gasteiger partial charge in [-0.1, -0.05) is 0 Å². The number of hydrogen-bond donors (Lipinski definition) is 1. The molecule has 0 bridgehead atoms. The molecule has 1 N–H and O–H groups in total. The van der Waals surface area contributed by atoms with Crippen LogP contribution in [0.3, 0.4) is 0 Å². The van der Waals surface area contributed by atoms with Crippen molar-refractivity contribution < 1.29 is 4.74 Å². The van der Waals surface area contributed by atoms with Crippen LogP contribution < -0.4 is 5.32 Å². The number of halogens is 1. The van der Waals surface area contributed by atoms with E-state index in [9.17, 15) is 0 Å². The van der Waals surface area contributed by atoms with Gasteiger partial charge in [0.15, 0.2) is 5.82 Å². The topological polar surface area (TPSA) is 52.0 Å². The normalized spacial score (nSPS) is 11.0.